The number of nitrogens with one attached hydrogen (secondary N) is 1. The SMILES string of the molecule is Nc1cc(NCCCC2CCCC2)ccc1[N+](=O)[O-]. The van der Waals surface area contributed by atoms with Crippen molar-refractivity contribution < 1.29 is 4.92 Å². The number of rotatable bonds is 6. The van der Waals surface area contributed by atoms with Crippen molar-refractivity contribution in [3.05, 3.63) is 28.3 Å². The molecular weight excluding hydrogens is 242 g/mol. The van der Waals surface area contributed by atoms with E-state index in [9.17, 15) is 10.1 Å². The largest absolute Gasteiger partial charge is 0.393 e. The Kier molecular flexibility index (Phi) is 4.60. The number of hydrogen-bond donors (Lipinski definition) is 2. The fraction of sp³-hybridized carbons (Fsp3) is 0.571. The van der Waals surface area contributed by atoms with E-state index in [1.54, 1.807) is 12.1 Å². The van der Waals surface area contributed by atoms with Gasteiger partial charge in [0.2, 0.25) is 0 Å². The number of nitrogen functional groups attached to an aromatic ring is 1. The van der Waals surface area contributed by atoms with E-state index >= 15 is 0 Å². The summed E-state index contributed by atoms with van der Waals surface area (Å²) < 4.78 is 0. The highest BCUT2D eigenvalue weighted by Gasteiger charge is 2.14. The van der Waals surface area contributed by atoms with Crippen LogP contribution in [0.15, 0.2) is 18.2 Å². The molecule has 0 aromatic heterocycles. The number of nitrogens with zero attached hydrogens (tertiary/aromatic N) is 1. The highest BCUT2D eigenvalue weighted by atomic mass is 16.6. The normalized spacial score (nSPS) is 15.6. The fourth-order valence-corrected chi connectivity index (χ4v) is 2.75. The summed E-state index contributed by atoms with van der Waals surface area (Å²) in [5.74, 6) is 0.906. The first-order valence-corrected chi connectivity index (χ1v) is 6.94. The van der Waals surface area contributed by atoms with E-state index in [4.69, 9.17) is 5.73 Å². The van der Waals surface area contributed by atoms with Crippen molar-refractivity contribution in [1.82, 2.24) is 0 Å². The molecule has 0 amide bonds. The maximum absolute atomic E-state index is 10.6. The lowest BCUT2D eigenvalue weighted by Crippen LogP contribution is -2.05. The molecule has 19 heavy (non-hydrogen) atoms. The van der Waals surface area contributed by atoms with Crippen LogP contribution < -0.4 is 11.1 Å². The Balaban J connectivity index is 1.76. The fourth-order valence-electron chi connectivity index (χ4n) is 2.75. The van der Waals surface area contributed by atoms with Gasteiger partial charge in [0.05, 0.1) is 4.92 Å². The number of benzene rings is 1. The quantitative estimate of drug-likeness (QED) is 0.356. The molecule has 5 nitrogen and oxygen atoms in total. The molecule has 1 aromatic carbocycles. The van der Waals surface area contributed by atoms with E-state index < -0.39 is 4.92 Å². The number of nitro groups is 1. The Bertz CT molecular complexity index is 442. The lowest BCUT2D eigenvalue weighted by atomic mass is 10.0. The van der Waals surface area contributed by atoms with Crippen LogP contribution in [0.2, 0.25) is 0 Å². The van der Waals surface area contributed by atoms with Gasteiger partial charge >= 0.3 is 0 Å². The zero-order chi connectivity index (χ0) is 13.7. The molecular formula is C14H21N3O2. The molecule has 0 radical (unpaired) electrons. The molecule has 104 valence electrons. The number of nitrogens with two attached hydrogens (primary N) is 1. The van der Waals surface area contributed by atoms with Crippen molar-refractivity contribution in [3.8, 4) is 0 Å². The average molecular weight is 263 g/mol. The molecule has 1 aliphatic rings. The predicted octanol–water partition coefficient (Wildman–Crippen LogP) is 3.56. The molecule has 1 fully saturated rings. The Morgan fingerprint density at radius 1 is 1.37 bits per heavy atom. The first-order chi connectivity index (χ1) is 9.16. The van der Waals surface area contributed by atoms with Crippen LogP contribution in [-0.4, -0.2) is 11.5 Å². The van der Waals surface area contributed by atoms with Crippen LogP contribution in [0.4, 0.5) is 17.1 Å². The number of nitro benzene ring substituents is 1. The summed E-state index contributed by atoms with van der Waals surface area (Å²) in [6.07, 6.45) is 7.94. The van der Waals surface area contributed by atoms with Gasteiger partial charge in [-0.25, -0.2) is 0 Å². The molecule has 0 atom stereocenters. The molecule has 1 aromatic rings. The molecule has 1 saturated carbocycles. The smallest absolute Gasteiger partial charge is 0.292 e. The zero-order valence-electron chi connectivity index (χ0n) is 11.1. The van der Waals surface area contributed by atoms with Gasteiger partial charge in [-0.15, -0.1) is 0 Å². The summed E-state index contributed by atoms with van der Waals surface area (Å²) in [5.41, 5.74) is 6.68. The van der Waals surface area contributed by atoms with Gasteiger partial charge in [0, 0.05) is 18.3 Å². The summed E-state index contributed by atoms with van der Waals surface area (Å²) >= 11 is 0. The third-order valence-electron chi connectivity index (χ3n) is 3.82. The van der Waals surface area contributed by atoms with Crippen LogP contribution in [0.1, 0.15) is 38.5 Å². The highest BCUT2D eigenvalue weighted by Crippen LogP contribution is 2.28. The van der Waals surface area contributed by atoms with Gasteiger partial charge in [0.1, 0.15) is 5.69 Å². The second-order valence-corrected chi connectivity index (χ2v) is 5.25. The van der Waals surface area contributed by atoms with Gasteiger partial charge in [0.25, 0.3) is 5.69 Å². The molecule has 0 bridgehead atoms. The third kappa shape index (κ3) is 3.84. The second-order valence-electron chi connectivity index (χ2n) is 5.25. The summed E-state index contributed by atoms with van der Waals surface area (Å²) in [7, 11) is 0. The molecule has 2 rings (SSSR count). The minimum Gasteiger partial charge on any atom is -0.393 e. The van der Waals surface area contributed by atoms with Crippen LogP contribution in [-0.2, 0) is 0 Å². The summed E-state index contributed by atoms with van der Waals surface area (Å²) in [6, 6.07) is 4.80. The standard InChI is InChI=1S/C14H21N3O2/c15-13-10-12(7-8-14(13)17(18)19)16-9-3-6-11-4-1-2-5-11/h7-8,10-11,16H,1-6,9,15H2. The maximum Gasteiger partial charge on any atom is 0.292 e. The van der Waals surface area contributed by atoms with Gasteiger partial charge < -0.3 is 11.1 Å². The van der Waals surface area contributed by atoms with Crippen molar-refractivity contribution in [3.63, 3.8) is 0 Å². The Morgan fingerprint density at radius 2 is 2.11 bits per heavy atom. The van der Waals surface area contributed by atoms with Crippen LogP contribution in [0, 0.1) is 16.0 Å². The number of hydrogen-bond acceptors (Lipinski definition) is 4. The minimum atomic E-state index is -0.459. The van der Waals surface area contributed by atoms with Crippen LogP contribution in [0.25, 0.3) is 0 Å². The number of anilines is 2. The summed E-state index contributed by atoms with van der Waals surface area (Å²) in [4.78, 5) is 10.2. The second kappa shape index (κ2) is 6.41. The van der Waals surface area contributed by atoms with Crippen LogP contribution in [0.3, 0.4) is 0 Å². The molecule has 0 unspecified atom stereocenters. The molecule has 0 spiro atoms. The summed E-state index contributed by atoms with van der Waals surface area (Å²) in [6.45, 7) is 0.897. The zero-order valence-corrected chi connectivity index (χ0v) is 11.1. The van der Waals surface area contributed by atoms with E-state index in [-0.39, 0.29) is 11.4 Å². The van der Waals surface area contributed by atoms with Gasteiger partial charge in [-0.3, -0.25) is 10.1 Å². The van der Waals surface area contributed by atoms with Gasteiger partial charge in [-0.2, -0.15) is 0 Å². The highest BCUT2D eigenvalue weighted by molar-refractivity contribution is 5.65. The topological polar surface area (TPSA) is 81.2 Å². The van der Waals surface area contributed by atoms with Crippen molar-refractivity contribution >= 4 is 17.1 Å². The van der Waals surface area contributed by atoms with Crippen molar-refractivity contribution in [2.75, 3.05) is 17.6 Å². The van der Waals surface area contributed by atoms with Gasteiger partial charge in [-0.05, 0) is 30.9 Å². The third-order valence-corrected chi connectivity index (χ3v) is 3.82. The predicted molar refractivity (Wildman–Crippen MR) is 77.2 cm³/mol. The average Bonchev–Trinajstić information content (AvgIpc) is 2.87. The van der Waals surface area contributed by atoms with E-state index in [2.05, 4.69) is 5.32 Å². The Hall–Kier alpha value is -1.78. The Morgan fingerprint density at radius 3 is 2.74 bits per heavy atom. The molecule has 3 N–H and O–H groups in total. The lowest BCUT2D eigenvalue weighted by Gasteiger charge is -2.10. The van der Waals surface area contributed by atoms with Crippen molar-refractivity contribution in [1.29, 1.82) is 0 Å². The molecule has 5 heteroatoms. The first-order valence-electron chi connectivity index (χ1n) is 6.94. The summed E-state index contributed by atoms with van der Waals surface area (Å²) in [5, 5.41) is 13.9. The molecule has 0 saturated heterocycles. The van der Waals surface area contributed by atoms with Crippen LogP contribution >= 0.6 is 0 Å². The molecule has 0 aliphatic heterocycles. The monoisotopic (exact) mass is 263 g/mol. The van der Waals surface area contributed by atoms with E-state index in [1.807, 2.05) is 0 Å². The van der Waals surface area contributed by atoms with Crippen molar-refractivity contribution in [2.45, 2.75) is 38.5 Å². The van der Waals surface area contributed by atoms with Crippen molar-refractivity contribution in [2.24, 2.45) is 5.92 Å². The molecule has 0 heterocycles. The van der Waals surface area contributed by atoms with E-state index in [1.165, 1.54) is 38.2 Å². The first kappa shape index (κ1) is 13.6. The van der Waals surface area contributed by atoms with E-state index in [0.717, 1.165) is 24.6 Å². The maximum atomic E-state index is 10.6. The van der Waals surface area contributed by atoms with Gasteiger partial charge in [-0.1, -0.05) is 25.7 Å². The van der Waals surface area contributed by atoms with Crippen LogP contribution in [0.5, 0.6) is 0 Å². The van der Waals surface area contributed by atoms with E-state index in [0.29, 0.717) is 0 Å². The Labute approximate surface area is 113 Å². The molecule has 1 aliphatic carbocycles. The minimum absolute atomic E-state index is 0.0310. The van der Waals surface area contributed by atoms with Gasteiger partial charge in [0.15, 0.2) is 0 Å². The lowest BCUT2D eigenvalue weighted by molar-refractivity contribution is -0.383.